The third kappa shape index (κ3) is 9.58. The van der Waals surface area contributed by atoms with Crippen molar-refractivity contribution in [3.63, 3.8) is 0 Å². The molecule has 2 saturated heterocycles. The zero-order valence-electron chi connectivity index (χ0n) is 31.1. The number of hydrogen-bond donors (Lipinski definition) is 2. The Morgan fingerprint density at radius 3 is 2.35 bits per heavy atom. The molecule has 1 unspecified atom stereocenters. The van der Waals surface area contributed by atoms with Gasteiger partial charge in [-0.2, -0.15) is 0 Å². The molecule has 10 nitrogen and oxygen atoms in total. The van der Waals surface area contributed by atoms with Gasteiger partial charge in [0, 0.05) is 31.1 Å². The van der Waals surface area contributed by atoms with Gasteiger partial charge in [-0.25, -0.2) is 4.79 Å². The maximum absolute atomic E-state index is 13.3. The highest BCUT2D eigenvalue weighted by molar-refractivity contribution is 6.06. The molecule has 0 aromatic heterocycles. The van der Waals surface area contributed by atoms with Gasteiger partial charge in [0.1, 0.15) is 12.6 Å². The number of nitrogens with one attached hydrogen (secondary N) is 1. The molecule has 55 heavy (non-hydrogen) atoms. The Hall–Kier alpha value is -5.13. The van der Waals surface area contributed by atoms with Crippen LogP contribution in [0.2, 0.25) is 0 Å². The third-order valence-corrected chi connectivity index (χ3v) is 10.8. The average molecular weight is 744 g/mol. The number of nitrogens with zero attached hydrogens (tertiary/aromatic N) is 2. The molecule has 10 heteroatoms. The summed E-state index contributed by atoms with van der Waals surface area (Å²) in [5.41, 5.74) is 6.24. The van der Waals surface area contributed by atoms with Crippen LogP contribution in [0.3, 0.4) is 0 Å². The second-order valence-electron chi connectivity index (χ2n) is 14.6. The first-order valence-electron chi connectivity index (χ1n) is 19.2. The summed E-state index contributed by atoms with van der Waals surface area (Å²) in [6.07, 6.45) is 5.81. The topological polar surface area (TPSA) is 118 Å². The molecule has 3 fully saturated rings. The summed E-state index contributed by atoms with van der Waals surface area (Å²) in [6.45, 7) is 5.75. The summed E-state index contributed by atoms with van der Waals surface area (Å²) in [7, 11) is 0. The van der Waals surface area contributed by atoms with Crippen molar-refractivity contribution in [1.29, 1.82) is 0 Å². The van der Waals surface area contributed by atoms with E-state index in [4.69, 9.17) is 14.2 Å². The smallest absolute Gasteiger partial charge is 0.408 e. The quantitative estimate of drug-likeness (QED) is 0.102. The molecule has 2 heterocycles. The lowest BCUT2D eigenvalue weighted by Crippen LogP contribution is -2.43. The molecular weight excluding hydrogens is 695 g/mol. The van der Waals surface area contributed by atoms with Crippen LogP contribution in [0.5, 0.6) is 0 Å². The van der Waals surface area contributed by atoms with Gasteiger partial charge in [-0.05, 0) is 58.4 Å². The van der Waals surface area contributed by atoms with Crippen LogP contribution < -0.4 is 5.32 Å². The van der Waals surface area contributed by atoms with Crippen molar-refractivity contribution in [2.45, 2.75) is 88.9 Å². The van der Waals surface area contributed by atoms with Crippen LogP contribution in [0.4, 0.5) is 4.79 Å². The van der Waals surface area contributed by atoms with Crippen LogP contribution in [0.25, 0.3) is 11.1 Å². The maximum Gasteiger partial charge on any atom is 0.408 e. The molecule has 7 rings (SSSR count). The highest BCUT2D eigenvalue weighted by Gasteiger charge is 2.40. The fourth-order valence-electron chi connectivity index (χ4n) is 7.87. The van der Waals surface area contributed by atoms with Crippen LogP contribution >= 0.6 is 0 Å². The summed E-state index contributed by atoms with van der Waals surface area (Å²) in [5.74, 6) is -0.817. The number of likely N-dealkylation sites (tertiary alicyclic amines) is 1. The third-order valence-electron chi connectivity index (χ3n) is 10.8. The Kier molecular flexibility index (Phi) is 12.5. The number of amides is 3. The van der Waals surface area contributed by atoms with Crippen molar-refractivity contribution in [3.05, 3.63) is 144 Å². The number of aliphatic hydroxyl groups excluding tert-OH is 1. The van der Waals surface area contributed by atoms with Gasteiger partial charge in [0.25, 0.3) is 5.91 Å². The largest absolute Gasteiger partial charge is 0.445 e. The van der Waals surface area contributed by atoms with Crippen LogP contribution in [0.1, 0.15) is 78.7 Å². The lowest BCUT2D eigenvalue weighted by molar-refractivity contribution is -0.253. The second-order valence-corrected chi connectivity index (χ2v) is 14.6. The van der Waals surface area contributed by atoms with E-state index in [-0.39, 0.29) is 44.3 Å². The minimum atomic E-state index is -0.978. The van der Waals surface area contributed by atoms with E-state index in [0.717, 1.165) is 52.0 Å². The predicted octanol–water partition coefficient (Wildman–Crippen LogP) is 7.38. The first-order valence-corrected chi connectivity index (χ1v) is 19.2. The fourth-order valence-corrected chi connectivity index (χ4v) is 7.87. The van der Waals surface area contributed by atoms with Gasteiger partial charge in [0.15, 0.2) is 6.29 Å². The van der Waals surface area contributed by atoms with Crippen molar-refractivity contribution < 1.29 is 33.7 Å². The Bertz CT molecular complexity index is 1950. The van der Waals surface area contributed by atoms with Gasteiger partial charge in [0.2, 0.25) is 5.91 Å². The molecule has 286 valence electrons. The highest BCUT2D eigenvalue weighted by atomic mass is 16.7. The molecule has 0 radical (unpaired) electrons. The van der Waals surface area contributed by atoms with Crippen LogP contribution in [-0.4, -0.2) is 64.1 Å². The van der Waals surface area contributed by atoms with Gasteiger partial charge >= 0.3 is 6.09 Å². The number of carbonyl (C=O) groups excluding carboxylic acids is 3. The van der Waals surface area contributed by atoms with Crippen LogP contribution in [-0.2, 0) is 43.6 Å². The Balaban J connectivity index is 1.04. The lowest BCUT2D eigenvalue weighted by atomic mass is 9.98. The van der Waals surface area contributed by atoms with Crippen LogP contribution in [0.15, 0.2) is 116 Å². The molecule has 4 aromatic rings. The molecule has 3 aliphatic rings. The molecule has 3 amide bonds. The number of alkyl carbamates (subject to hydrolysis) is 1. The molecule has 2 N–H and O–H groups in total. The van der Waals surface area contributed by atoms with E-state index in [2.05, 4.69) is 22.9 Å². The SMILES string of the molecule is C=CCN(C[C@@H]1C[C@H](c2ccc(CO)cc2)O[C@H](c2cccc(-c3cccc(CN4C(=O)CC(NC(=O)OCc5ccccc5)C4=O)c3)c2)O1)C1CCCC1. The molecule has 1 saturated carbocycles. The molecule has 0 spiro atoms. The Labute approximate surface area is 322 Å². The summed E-state index contributed by atoms with van der Waals surface area (Å²) >= 11 is 0. The molecule has 4 aromatic carbocycles. The van der Waals surface area contributed by atoms with Gasteiger partial charge in [0.05, 0.1) is 31.8 Å². The molecule has 0 bridgehead atoms. The number of carbonyl (C=O) groups is 3. The maximum atomic E-state index is 13.3. The standard InChI is InChI=1S/C45H49N3O7/c1-2-22-47(38-16-6-7-17-38)28-39-25-41(34-20-18-31(29-49)19-21-34)55-44(54-39)37-15-9-14-36(24-37)35-13-8-12-33(23-35)27-48-42(50)26-40(43(48)51)46-45(52)53-30-32-10-4-3-5-11-32/h2-5,8-15,18-21,23-24,38-41,44,49H,1,6-7,16-17,22,25-30H2,(H,46,52)/t39-,40?,41+,44+/m0/s1. The highest BCUT2D eigenvalue weighted by Crippen LogP contribution is 2.40. The van der Waals surface area contributed by atoms with E-state index in [1.54, 1.807) is 0 Å². The number of imide groups is 1. The van der Waals surface area contributed by atoms with Crippen molar-refractivity contribution in [2.24, 2.45) is 0 Å². The van der Waals surface area contributed by atoms with Crippen molar-refractivity contribution in [1.82, 2.24) is 15.1 Å². The van der Waals surface area contributed by atoms with Crippen LogP contribution in [0, 0.1) is 0 Å². The summed E-state index contributed by atoms with van der Waals surface area (Å²) in [5, 5.41) is 12.2. The minimum absolute atomic E-state index is 0.0134. The number of aliphatic hydroxyl groups is 1. The van der Waals surface area contributed by atoms with Gasteiger partial charge < -0.3 is 24.6 Å². The summed E-state index contributed by atoms with van der Waals surface area (Å²) in [4.78, 5) is 42.4. The number of ether oxygens (including phenoxy) is 3. The molecule has 2 aliphatic heterocycles. The minimum Gasteiger partial charge on any atom is -0.445 e. The predicted molar refractivity (Wildman–Crippen MR) is 208 cm³/mol. The Morgan fingerprint density at radius 2 is 1.60 bits per heavy atom. The van der Waals surface area contributed by atoms with Crippen molar-refractivity contribution in [2.75, 3.05) is 13.1 Å². The van der Waals surface area contributed by atoms with E-state index in [0.29, 0.717) is 12.5 Å². The zero-order valence-corrected chi connectivity index (χ0v) is 31.1. The van der Waals surface area contributed by atoms with Crippen molar-refractivity contribution >= 4 is 17.9 Å². The van der Waals surface area contributed by atoms with E-state index in [1.165, 1.54) is 30.6 Å². The molecule has 4 atom stereocenters. The summed E-state index contributed by atoms with van der Waals surface area (Å²) < 4.78 is 18.7. The summed E-state index contributed by atoms with van der Waals surface area (Å²) in [6, 6.07) is 32.6. The monoisotopic (exact) mass is 743 g/mol. The van der Waals surface area contributed by atoms with E-state index >= 15 is 0 Å². The van der Waals surface area contributed by atoms with E-state index < -0.39 is 24.3 Å². The van der Waals surface area contributed by atoms with Gasteiger partial charge in [-0.15, -0.1) is 6.58 Å². The van der Waals surface area contributed by atoms with E-state index in [9.17, 15) is 19.5 Å². The normalized spacial score (nSPS) is 21.6. The number of benzene rings is 4. The van der Waals surface area contributed by atoms with Gasteiger partial charge in [-0.1, -0.05) is 110 Å². The Morgan fingerprint density at radius 1 is 0.873 bits per heavy atom. The molecular formula is C45H49N3O7. The fraction of sp³-hybridized carbons (Fsp3) is 0.356. The van der Waals surface area contributed by atoms with Gasteiger partial charge in [-0.3, -0.25) is 19.4 Å². The average Bonchev–Trinajstić information content (AvgIpc) is 3.85. The first-order chi connectivity index (χ1) is 26.9. The first kappa shape index (κ1) is 38.2. The number of hydrogen-bond acceptors (Lipinski definition) is 8. The van der Waals surface area contributed by atoms with Crippen molar-refractivity contribution in [3.8, 4) is 11.1 Å². The van der Waals surface area contributed by atoms with E-state index in [1.807, 2.05) is 103 Å². The lowest BCUT2D eigenvalue weighted by Gasteiger charge is -2.39. The molecule has 1 aliphatic carbocycles. The number of rotatable bonds is 14. The zero-order chi connectivity index (χ0) is 38.1. The second kappa shape index (κ2) is 18.0.